The molecule has 0 radical (unpaired) electrons. The first-order valence-electron chi connectivity index (χ1n) is 9.25. The SMILES string of the molecule is COc1cc(N)ccc1N1CCC(N2CCC(CO)(CO)CC2)CC1. The zero-order valence-electron chi connectivity index (χ0n) is 15.2. The Morgan fingerprint density at radius 2 is 1.76 bits per heavy atom. The second-order valence-electron chi connectivity index (χ2n) is 7.50. The summed E-state index contributed by atoms with van der Waals surface area (Å²) in [5.41, 5.74) is 7.43. The van der Waals surface area contributed by atoms with Gasteiger partial charge in [-0.2, -0.15) is 0 Å². The van der Waals surface area contributed by atoms with Crippen LogP contribution in [0, 0.1) is 5.41 Å². The van der Waals surface area contributed by atoms with Crippen LogP contribution in [-0.2, 0) is 0 Å². The number of rotatable bonds is 5. The van der Waals surface area contributed by atoms with Crippen LogP contribution in [0.1, 0.15) is 25.7 Å². The van der Waals surface area contributed by atoms with Crippen molar-refractivity contribution < 1.29 is 14.9 Å². The minimum absolute atomic E-state index is 0.0900. The van der Waals surface area contributed by atoms with Gasteiger partial charge in [-0.25, -0.2) is 0 Å². The molecule has 0 unspecified atom stereocenters. The Morgan fingerprint density at radius 3 is 2.32 bits per heavy atom. The van der Waals surface area contributed by atoms with Crippen LogP contribution in [0.5, 0.6) is 5.75 Å². The summed E-state index contributed by atoms with van der Waals surface area (Å²) in [4.78, 5) is 4.92. The summed E-state index contributed by atoms with van der Waals surface area (Å²) in [7, 11) is 1.69. The first-order chi connectivity index (χ1) is 12.1. The third-order valence-corrected chi connectivity index (χ3v) is 6.05. The average Bonchev–Trinajstić information content (AvgIpc) is 2.68. The molecule has 1 aromatic carbocycles. The number of aliphatic hydroxyl groups excluding tert-OH is 2. The number of anilines is 2. The highest BCUT2D eigenvalue weighted by molar-refractivity contribution is 5.64. The van der Waals surface area contributed by atoms with Crippen molar-refractivity contribution >= 4 is 11.4 Å². The lowest BCUT2D eigenvalue weighted by Crippen LogP contribution is -2.51. The molecule has 6 nitrogen and oxygen atoms in total. The van der Waals surface area contributed by atoms with Gasteiger partial charge in [-0.15, -0.1) is 0 Å². The zero-order chi connectivity index (χ0) is 17.9. The highest BCUT2D eigenvalue weighted by Crippen LogP contribution is 2.35. The summed E-state index contributed by atoms with van der Waals surface area (Å²) in [6, 6.07) is 6.45. The predicted octanol–water partition coefficient (Wildman–Crippen LogP) is 1.31. The van der Waals surface area contributed by atoms with Crippen LogP contribution >= 0.6 is 0 Å². The normalized spacial score (nSPS) is 22.1. The Morgan fingerprint density at radius 1 is 1.12 bits per heavy atom. The maximum Gasteiger partial charge on any atom is 0.144 e. The smallest absolute Gasteiger partial charge is 0.144 e. The molecule has 25 heavy (non-hydrogen) atoms. The standard InChI is InChI=1S/C19H31N3O3/c1-25-18-12-15(20)2-3-17(18)22-8-4-16(5-9-22)21-10-6-19(13-23,14-24)7-11-21/h2-3,12,16,23-24H,4-11,13-14,20H2,1H3. The number of aliphatic hydroxyl groups is 2. The fraction of sp³-hybridized carbons (Fsp3) is 0.684. The van der Waals surface area contributed by atoms with E-state index in [0.717, 1.165) is 69.0 Å². The van der Waals surface area contributed by atoms with Crippen molar-refractivity contribution in [2.24, 2.45) is 5.41 Å². The average molecular weight is 349 g/mol. The fourth-order valence-electron chi connectivity index (χ4n) is 4.16. The molecule has 2 heterocycles. The zero-order valence-corrected chi connectivity index (χ0v) is 15.2. The van der Waals surface area contributed by atoms with Crippen molar-refractivity contribution in [2.75, 3.05) is 57.1 Å². The van der Waals surface area contributed by atoms with E-state index in [-0.39, 0.29) is 18.6 Å². The number of piperidine rings is 2. The molecule has 0 bridgehead atoms. The van der Waals surface area contributed by atoms with Crippen molar-refractivity contribution in [3.63, 3.8) is 0 Å². The van der Waals surface area contributed by atoms with Gasteiger partial charge in [0.25, 0.3) is 0 Å². The summed E-state index contributed by atoms with van der Waals surface area (Å²) in [6.45, 7) is 4.13. The number of hydrogen-bond donors (Lipinski definition) is 3. The van der Waals surface area contributed by atoms with E-state index in [1.54, 1.807) is 7.11 Å². The third kappa shape index (κ3) is 3.86. The number of likely N-dealkylation sites (tertiary alicyclic amines) is 1. The Balaban J connectivity index is 1.56. The maximum atomic E-state index is 9.56. The van der Waals surface area contributed by atoms with Crippen LogP contribution in [0.4, 0.5) is 11.4 Å². The molecule has 0 saturated carbocycles. The molecule has 140 valence electrons. The van der Waals surface area contributed by atoms with Gasteiger partial charge in [0, 0.05) is 36.3 Å². The van der Waals surface area contributed by atoms with E-state index in [2.05, 4.69) is 9.80 Å². The van der Waals surface area contributed by atoms with Gasteiger partial charge >= 0.3 is 0 Å². The first-order valence-corrected chi connectivity index (χ1v) is 9.25. The molecule has 3 rings (SSSR count). The largest absolute Gasteiger partial charge is 0.495 e. The second kappa shape index (κ2) is 7.81. The Labute approximate surface area is 150 Å². The van der Waals surface area contributed by atoms with Crippen LogP contribution < -0.4 is 15.4 Å². The molecule has 0 spiro atoms. The Kier molecular flexibility index (Phi) is 5.71. The van der Waals surface area contributed by atoms with Gasteiger partial charge in [-0.1, -0.05) is 0 Å². The molecule has 0 atom stereocenters. The topological polar surface area (TPSA) is 82.2 Å². The van der Waals surface area contributed by atoms with E-state index in [1.807, 2.05) is 18.2 Å². The van der Waals surface area contributed by atoms with Crippen LogP contribution in [0.3, 0.4) is 0 Å². The quantitative estimate of drug-likeness (QED) is 0.696. The molecule has 2 aliphatic heterocycles. The van der Waals surface area contributed by atoms with E-state index in [4.69, 9.17) is 10.5 Å². The lowest BCUT2D eigenvalue weighted by molar-refractivity contribution is -0.0146. The number of hydrogen-bond acceptors (Lipinski definition) is 6. The Bertz CT molecular complexity index is 559. The number of nitrogens with zero attached hydrogens (tertiary/aromatic N) is 2. The predicted molar refractivity (Wildman–Crippen MR) is 100 cm³/mol. The van der Waals surface area contributed by atoms with Crippen LogP contribution in [-0.4, -0.2) is 67.7 Å². The monoisotopic (exact) mass is 349 g/mol. The molecular formula is C19H31N3O3. The van der Waals surface area contributed by atoms with Gasteiger partial charge < -0.3 is 30.5 Å². The molecule has 2 fully saturated rings. The van der Waals surface area contributed by atoms with Crippen molar-refractivity contribution in [1.82, 2.24) is 4.90 Å². The molecule has 4 N–H and O–H groups in total. The summed E-state index contributed by atoms with van der Waals surface area (Å²) in [5, 5.41) is 19.1. The minimum Gasteiger partial charge on any atom is -0.495 e. The summed E-state index contributed by atoms with van der Waals surface area (Å²) >= 11 is 0. The number of nitrogen functional groups attached to an aromatic ring is 1. The fourth-order valence-corrected chi connectivity index (χ4v) is 4.16. The number of benzene rings is 1. The second-order valence-corrected chi connectivity index (χ2v) is 7.50. The van der Waals surface area contributed by atoms with Crippen LogP contribution in [0.15, 0.2) is 18.2 Å². The molecule has 2 aliphatic rings. The summed E-state index contributed by atoms with van der Waals surface area (Å²) in [5.74, 6) is 0.840. The van der Waals surface area contributed by atoms with Gasteiger partial charge in [-0.3, -0.25) is 0 Å². The molecule has 0 aromatic heterocycles. The highest BCUT2D eigenvalue weighted by atomic mass is 16.5. The third-order valence-electron chi connectivity index (χ3n) is 6.05. The molecular weight excluding hydrogens is 318 g/mol. The van der Waals surface area contributed by atoms with Gasteiger partial charge in [0.1, 0.15) is 5.75 Å². The van der Waals surface area contributed by atoms with Gasteiger partial charge in [0.2, 0.25) is 0 Å². The molecule has 0 amide bonds. The van der Waals surface area contributed by atoms with E-state index in [9.17, 15) is 10.2 Å². The number of ether oxygens (including phenoxy) is 1. The van der Waals surface area contributed by atoms with Crippen molar-refractivity contribution in [2.45, 2.75) is 31.7 Å². The summed E-state index contributed by atoms with van der Waals surface area (Å²) < 4.78 is 5.49. The van der Waals surface area contributed by atoms with Crippen LogP contribution in [0.25, 0.3) is 0 Å². The van der Waals surface area contributed by atoms with E-state index >= 15 is 0 Å². The van der Waals surface area contributed by atoms with E-state index in [1.165, 1.54) is 0 Å². The van der Waals surface area contributed by atoms with E-state index < -0.39 is 0 Å². The van der Waals surface area contributed by atoms with Gasteiger partial charge in [0.05, 0.1) is 26.0 Å². The highest BCUT2D eigenvalue weighted by Gasteiger charge is 2.36. The number of nitrogens with two attached hydrogens (primary N) is 1. The first kappa shape index (κ1) is 18.3. The molecule has 0 aliphatic carbocycles. The molecule has 2 saturated heterocycles. The number of methoxy groups -OCH3 is 1. The van der Waals surface area contributed by atoms with Crippen molar-refractivity contribution in [3.05, 3.63) is 18.2 Å². The van der Waals surface area contributed by atoms with Gasteiger partial charge in [0.15, 0.2) is 0 Å². The molecule has 6 heteroatoms. The van der Waals surface area contributed by atoms with Crippen LogP contribution in [0.2, 0.25) is 0 Å². The lowest BCUT2D eigenvalue weighted by atomic mass is 9.79. The molecule has 1 aromatic rings. The summed E-state index contributed by atoms with van der Waals surface area (Å²) in [6.07, 6.45) is 4.01. The van der Waals surface area contributed by atoms with Crippen molar-refractivity contribution in [1.29, 1.82) is 0 Å². The minimum atomic E-state index is -0.269. The van der Waals surface area contributed by atoms with Crippen molar-refractivity contribution in [3.8, 4) is 5.75 Å². The van der Waals surface area contributed by atoms with E-state index in [0.29, 0.717) is 6.04 Å². The maximum absolute atomic E-state index is 9.56. The lowest BCUT2D eigenvalue weighted by Gasteiger charge is -2.45. The Hall–Kier alpha value is -1.50. The van der Waals surface area contributed by atoms with Gasteiger partial charge in [-0.05, 0) is 50.9 Å².